The lowest BCUT2D eigenvalue weighted by atomic mass is 9.70. The third-order valence-electron chi connectivity index (χ3n) is 5.55. The molecule has 0 aromatic heterocycles. The molecular formula is C17H31NO2. The Morgan fingerprint density at radius 3 is 2.30 bits per heavy atom. The van der Waals surface area contributed by atoms with Crippen molar-refractivity contribution < 1.29 is 9.90 Å². The van der Waals surface area contributed by atoms with Gasteiger partial charge in [0.15, 0.2) is 0 Å². The molecule has 0 atom stereocenters. The van der Waals surface area contributed by atoms with Crippen LogP contribution in [0.5, 0.6) is 0 Å². The molecular weight excluding hydrogens is 250 g/mol. The molecule has 0 bridgehead atoms. The number of carboxylic acid groups (broad SMARTS) is 1. The van der Waals surface area contributed by atoms with Crippen LogP contribution in [0.2, 0.25) is 0 Å². The van der Waals surface area contributed by atoms with Crippen LogP contribution < -0.4 is 0 Å². The van der Waals surface area contributed by atoms with Gasteiger partial charge in [-0.3, -0.25) is 4.79 Å². The lowest BCUT2D eigenvalue weighted by Crippen LogP contribution is -2.45. The summed E-state index contributed by atoms with van der Waals surface area (Å²) in [4.78, 5) is 14.1. The third-order valence-corrected chi connectivity index (χ3v) is 5.55. The van der Waals surface area contributed by atoms with Gasteiger partial charge in [0.2, 0.25) is 0 Å². The number of aliphatic carboxylic acids is 1. The average Bonchev–Trinajstić information content (AvgIpc) is 2.42. The molecule has 0 aromatic rings. The highest BCUT2D eigenvalue weighted by molar-refractivity contribution is 5.75. The van der Waals surface area contributed by atoms with Gasteiger partial charge >= 0.3 is 5.97 Å². The molecule has 2 aliphatic carbocycles. The van der Waals surface area contributed by atoms with Crippen LogP contribution in [-0.2, 0) is 4.79 Å². The molecule has 2 saturated carbocycles. The summed E-state index contributed by atoms with van der Waals surface area (Å²) in [5.41, 5.74) is -0.476. The van der Waals surface area contributed by atoms with Crippen molar-refractivity contribution >= 4 is 5.97 Å². The second-order valence-corrected chi connectivity index (χ2v) is 7.47. The number of nitrogens with zero attached hydrogens (tertiary/aromatic N) is 1. The normalized spacial score (nSPS) is 32.5. The number of rotatable bonds is 5. The second-order valence-electron chi connectivity index (χ2n) is 7.47. The molecule has 0 heterocycles. The van der Waals surface area contributed by atoms with Crippen LogP contribution in [0.3, 0.4) is 0 Å². The fraction of sp³-hybridized carbons (Fsp3) is 0.941. The van der Waals surface area contributed by atoms with E-state index < -0.39 is 11.4 Å². The van der Waals surface area contributed by atoms with Crippen molar-refractivity contribution in [2.75, 3.05) is 20.1 Å². The lowest BCUT2D eigenvalue weighted by molar-refractivity contribution is -0.153. The van der Waals surface area contributed by atoms with Crippen molar-refractivity contribution in [3.8, 4) is 0 Å². The highest BCUT2D eigenvalue weighted by atomic mass is 16.4. The van der Waals surface area contributed by atoms with Gasteiger partial charge in [0, 0.05) is 13.1 Å². The molecule has 2 rings (SSSR count). The summed E-state index contributed by atoms with van der Waals surface area (Å²) in [7, 11) is 2.12. The van der Waals surface area contributed by atoms with E-state index in [4.69, 9.17) is 0 Å². The largest absolute Gasteiger partial charge is 0.481 e. The zero-order valence-electron chi connectivity index (χ0n) is 13.2. The Bertz CT molecular complexity index is 315. The van der Waals surface area contributed by atoms with E-state index in [0.717, 1.165) is 44.7 Å². The van der Waals surface area contributed by atoms with Crippen molar-refractivity contribution in [3.05, 3.63) is 0 Å². The molecule has 0 saturated heterocycles. The Kier molecular flexibility index (Phi) is 5.48. The summed E-state index contributed by atoms with van der Waals surface area (Å²) in [6, 6.07) is 0. The fourth-order valence-corrected chi connectivity index (χ4v) is 4.15. The molecule has 0 spiro atoms. The van der Waals surface area contributed by atoms with Crippen molar-refractivity contribution in [3.63, 3.8) is 0 Å². The number of carboxylic acids is 1. The van der Waals surface area contributed by atoms with Crippen molar-refractivity contribution in [2.45, 2.75) is 64.7 Å². The maximum absolute atomic E-state index is 11.8. The van der Waals surface area contributed by atoms with E-state index in [1.807, 2.05) is 0 Å². The van der Waals surface area contributed by atoms with Gasteiger partial charge in [0.1, 0.15) is 0 Å². The zero-order valence-corrected chi connectivity index (χ0v) is 13.2. The maximum Gasteiger partial charge on any atom is 0.310 e. The Balaban J connectivity index is 1.88. The van der Waals surface area contributed by atoms with E-state index in [2.05, 4.69) is 18.9 Å². The predicted molar refractivity (Wildman–Crippen MR) is 81.8 cm³/mol. The third kappa shape index (κ3) is 3.97. The molecule has 3 nitrogen and oxygen atoms in total. The van der Waals surface area contributed by atoms with Crippen LogP contribution in [0.15, 0.2) is 0 Å². The zero-order chi connectivity index (χ0) is 14.6. The Labute approximate surface area is 123 Å². The van der Waals surface area contributed by atoms with Gasteiger partial charge in [0.05, 0.1) is 5.41 Å². The first-order valence-corrected chi connectivity index (χ1v) is 8.44. The molecule has 0 aliphatic heterocycles. The Hall–Kier alpha value is -0.570. The monoisotopic (exact) mass is 281 g/mol. The Morgan fingerprint density at radius 1 is 1.15 bits per heavy atom. The van der Waals surface area contributed by atoms with Crippen molar-refractivity contribution in [1.82, 2.24) is 4.90 Å². The highest BCUT2D eigenvalue weighted by Crippen LogP contribution is 2.40. The minimum Gasteiger partial charge on any atom is -0.481 e. The van der Waals surface area contributed by atoms with Crippen LogP contribution in [0.4, 0.5) is 0 Å². The fourth-order valence-electron chi connectivity index (χ4n) is 4.15. The van der Waals surface area contributed by atoms with Crippen LogP contribution >= 0.6 is 0 Å². The first-order valence-electron chi connectivity index (χ1n) is 8.44. The summed E-state index contributed by atoms with van der Waals surface area (Å²) in [6.07, 6.45) is 10.6. The molecule has 116 valence electrons. The number of hydrogen-bond donors (Lipinski definition) is 1. The topological polar surface area (TPSA) is 40.5 Å². The molecule has 0 aromatic carbocycles. The van der Waals surface area contributed by atoms with E-state index in [-0.39, 0.29) is 0 Å². The van der Waals surface area contributed by atoms with Gasteiger partial charge in [-0.25, -0.2) is 0 Å². The quantitative estimate of drug-likeness (QED) is 0.833. The Morgan fingerprint density at radius 2 is 1.75 bits per heavy atom. The standard InChI is InChI=1S/C17H31NO2/c1-14-8-10-17(11-9-14,16(19)20)13-18(2)12-15-6-4-3-5-7-15/h14-15H,3-13H2,1-2H3,(H,19,20). The van der Waals surface area contributed by atoms with Crippen molar-refractivity contribution in [1.29, 1.82) is 0 Å². The van der Waals surface area contributed by atoms with Gasteiger partial charge in [0.25, 0.3) is 0 Å². The summed E-state index contributed by atoms with van der Waals surface area (Å²) in [5, 5.41) is 9.70. The van der Waals surface area contributed by atoms with Crippen molar-refractivity contribution in [2.24, 2.45) is 17.3 Å². The molecule has 3 heteroatoms. The molecule has 0 amide bonds. The van der Waals surface area contributed by atoms with Gasteiger partial charge in [-0.05, 0) is 57.4 Å². The van der Waals surface area contributed by atoms with Crippen LogP contribution in [0.25, 0.3) is 0 Å². The van der Waals surface area contributed by atoms with Gasteiger partial charge in [-0.2, -0.15) is 0 Å². The van der Waals surface area contributed by atoms with E-state index in [9.17, 15) is 9.90 Å². The second kappa shape index (κ2) is 6.93. The smallest absolute Gasteiger partial charge is 0.310 e. The van der Waals surface area contributed by atoms with Gasteiger partial charge < -0.3 is 10.0 Å². The first kappa shape index (κ1) is 15.8. The molecule has 1 N–H and O–H groups in total. The van der Waals surface area contributed by atoms with Gasteiger partial charge in [-0.15, -0.1) is 0 Å². The summed E-state index contributed by atoms with van der Waals surface area (Å²) in [5.74, 6) is 0.924. The van der Waals surface area contributed by atoms with Crippen LogP contribution in [0, 0.1) is 17.3 Å². The van der Waals surface area contributed by atoms with E-state index >= 15 is 0 Å². The van der Waals surface area contributed by atoms with E-state index in [1.54, 1.807) is 0 Å². The van der Waals surface area contributed by atoms with Crippen LogP contribution in [0.1, 0.15) is 64.7 Å². The molecule has 0 radical (unpaired) electrons. The highest BCUT2D eigenvalue weighted by Gasteiger charge is 2.42. The molecule has 2 fully saturated rings. The molecule has 20 heavy (non-hydrogen) atoms. The summed E-state index contributed by atoms with van der Waals surface area (Å²) in [6.45, 7) is 4.08. The van der Waals surface area contributed by atoms with Crippen LogP contribution in [-0.4, -0.2) is 36.1 Å². The van der Waals surface area contributed by atoms with E-state index in [0.29, 0.717) is 5.92 Å². The minimum atomic E-state index is -0.570. The molecule has 2 aliphatic rings. The number of hydrogen-bond acceptors (Lipinski definition) is 2. The lowest BCUT2D eigenvalue weighted by Gasteiger charge is -2.39. The van der Waals surface area contributed by atoms with E-state index in [1.165, 1.54) is 32.1 Å². The van der Waals surface area contributed by atoms with Gasteiger partial charge in [-0.1, -0.05) is 26.2 Å². The summed E-state index contributed by atoms with van der Waals surface area (Å²) < 4.78 is 0. The first-order chi connectivity index (χ1) is 9.52. The predicted octanol–water partition coefficient (Wildman–Crippen LogP) is 3.78. The average molecular weight is 281 g/mol. The number of carbonyl (C=O) groups is 1. The minimum absolute atomic E-state index is 0.476. The maximum atomic E-state index is 11.8. The SMILES string of the molecule is CC1CCC(CN(C)CC2CCCCC2)(C(=O)O)CC1. The summed E-state index contributed by atoms with van der Waals surface area (Å²) >= 11 is 0. The molecule has 0 unspecified atom stereocenters.